The molecule has 2 N–H and O–H groups in total. The van der Waals surface area contributed by atoms with Crippen LogP contribution in [0, 0.1) is 5.82 Å². The van der Waals surface area contributed by atoms with Crippen LogP contribution >= 0.6 is 0 Å². The Kier molecular flexibility index (Phi) is 5.50. The number of carbonyl (C=O) groups is 1. The number of benzene rings is 3. The minimum absolute atomic E-state index is 0.0966. The van der Waals surface area contributed by atoms with Crippen molar-refractivity contribution in [3.05, 3.63) is 103 Å². The highest BCUT2D eigenvalue weighted by Gasteiger charge is 2.17. The number of rotatable bonds is 6. The smallest absolute Gasteiger partial charge is 0.261 e. The van der Waals surface area contributed by atoms with Gasteiger partial charge in [-0.25, -0.2) is 17.5 Å². The van der Waals surface area contributed by atoms with Crippen LogP contribution in [0.5, 0.6) is 0 Å². The molecule has 3 aromatic carbocycles. The van der Waals surface area contributed by atoms with E-state index in [4.69, 9.17) is 0 Å². The lowest BCUT2D eigenvalue weighted by Crippen LogP contribution is -2.15. The SMILES string of the molecule is O=C(Nc1ccn(-c2ccccc2)n1)c1ccc(S(=O)(=O)Nc2ccccc2F)cc1. The second-order valence-corrected chi connectivity index (χ2v) is 8.23. The Labute approximate surface area is 178 Å². The molecular weight excluding hydrogens is 419 g/mol. The highest BCUT2D eigenvalue weighted by atomic mass is 32.2. The minimum atomic E-state index is -4.00. The molecule has 0 aliphatic heterocycles. The number of halogens is 1. The largest absolute Gasteiger partial charge is 0.305 e. The number of aromatic nitrogens is 2. The lowest BCUT2D eigenvalue weighted by Gasteiger charge is -2.09. The van der Waals surface area contributed by atoms with Crippen molar-refractivity contribution < 1.29 is 17.6 Å². The molecule has 4 rings (SSSR count). The molecule has 7 nitrogen and oxygen atoms in total. The fraction of sp³-hybridized carbons (Fsp3) is 0. The van der Waals surface area contributed by atoms with E-state index >= 15 is 0 Å². The van der Waals surface area contributed by atoms with Gasteiger partial charge in [-0.05, 0) is 48.5 Å². The van der Waals surface area contributed by atoms with Crippen LogP contribution in [0.3, 0.4) is 0 Å². The van der Waals surface area contributed by atoms with E-state index in [0.717, 1.165) is 11.8 Å². The van der Waals surface area contributed by atoms with E-state index < -0.39 is 21.7 Å². The second-order valence-electron chi connectivity index (χ2n) is 6.54. The van der Waals surface area contributed by atoms with Crippen molar-refractivity contribution in [3.8, 4) is 5.69 Å². The zero-order valence-corrected chi connectivity index (χ0v) is 16.9. The minimum Gasteiger partial charge on any atom is -0.305 e. The fourth-order valence-electron chi connectivity index (χ4n) is 2.84. The fourth-order valence-corrected chi connectivity index (χ4v) is 3.90. The van der Waals surface area contributed by atoms with E-state index in [1.807, 2.05) is 30.3 Å². The maximum Gasteiger partial charge on any atom is 0.261 e. The first kappa shape index (κ1) is 20.3. The van der Waals surface area contributed by atoms with Crippen LogP contribution in [0.15, 0.2) is 96.0 Å². The molecule has 1 amide bonds. The molecule has 0 spiro atoms. The van der Waals surface area contributed by atoms with E-state index in [9.17, 15) is 17.6 Å². The number of nitrogens with zero attached hydrogens (tertiary/aromatic N) is 2. The van der Waals surface area contributed by atoms with Gasteiger partial charge in [0.15, 0.2) is 5.82 Å². The van der Waals surface area contributed by atoms with Crippen LogP contribution in [0.4, 0.5) is 15.9 Å². The Morgan fingerprint density at radius 1 is 0.871 bits per heavy atom. The zero-order chi connectivity index (χ0) is 21.8. The molecule has 0 radical (unpaired) electrons. The molecule has 0 aliphatic rings. The molecule has 4 aromatic rings. The highest BCUT2D eigenvalue weighted by Crippen LogP contribution is 2.19. The summed E-state index contributed by atoms with van der Waals surface area (Å²) in [6.45, 7) is 0. The van der Waals surface area contributed by atoms with E-state index in [-0.39, 0.29) is 16.1 Å². The molecule has 0 atom stereocenters. The molecule has 31 heavy (non-hydrogen) atoms. The van der Waals surface area contributed by atoms with Crippen molar-refractivity contribution >= 4 is 27.4 Å². The molecule has 156 valence electrons. The predicted molar refractivity (Wildman–Crippen MR) is 115 cm³/mol. The van der Waals surface area contributed by atoms with Gasteiger partial charge in [-0.3, -0.25) is 9.52 Å². The third-order valence-corrected chi connectivity index (χ3v) is 5.78. The van der Waals surface area contributed by atoms with E-state index in [1.54, 1.807) is 16.9 Å². The standard InChI is InChI=1S/C22H17FN4O3S/c23-19-8-4-5-9-20(19)26-31(29,30)18-12-10-16(11-13-18)22(28)24-21-14-15-27(25-21)17-6-2-1-3-7-17/h1-15,26H,(H,24,25,28). The molecule has 0 saturated carbocycles. The van der Waals surface area contributed by atoms with Crippen molar-refractivity contribution in [2.24, 2.45) is 0 Å². The topological polar surface area (TPSA) is 93.1 Å². The maximum absolute atomic E-state index is 13.7. The van der Waals surface area contributed by atoms with Gasteiger partial charge >= 0.3 is 0 Å². The number of hydrogen-bond acceptors (Lipinski definition) is 4. The van der Waals surface area contributed by atoms with Gasteiger partial charge < -0.3 is 5.32 Å². The van der Waals surface area contributed by atoms with Gasteiger partial charge in [-0.15, -0.1) is 0 Å². The Morgan fingerprint density at radius 2 is 1.55 bits per heavy atom. The van der Waals surface area contributed by atoms with E-state index in [1.165, 1.54) is 42.5 Å². The first-order chi connectivity index (χ1) is 14.9. The Hall–Kier alpha value is -3.98. The van der Waals surface area contributed by atoms with Crippen molar-refractivity contribution in [1.82, 2.24) is 9.78 Å². The summed E-state index contributed by atoms with van der Waals surface area (Å²) in [4.78, 5) is 12.4. The van der Waals surface area contributed by atoms with E-state index in [2.05, 4.69) is 15.1 Å². The van der Waals surface area contributed by atoms with Crippen LogP contribution in [0.25, 0.3) is 5.69 Å². The second kappa shape index (κ2) is 8.41. The first-order valence-corrected chi connectivity index (χ1v) is 10.7. The zero-order valence-electron chi connectivity index (χ0n) is 16.1. The average Bonchev–Trinajstić information content (AvgIpc) is 3.24. The number of carbonyl (C=O) groups excluding carboxylic acids is 1. The van der Waals surface area contributed by atoms with Gasteiger partial charge in [0.2, 0.25) is 0 Å². The summed E-state index contributed by atoms with van der Waals surface area (Å²) in [5.41, 5.74) is 0.942. The van der Waals surface area contributed by atoms with Gasteiger partial charge in [0.25, 0.3) is 15.9 Å². The summed E-state index contributed by atoms with van der Waals surface area (Å²) >= 11 is 0. The number of nitrogens with one attached hydrogen (secondary N) is 2. The summed E-state index contributed by atoms with van der Waals surface area (Å²) in [7, 11) is -4.00. The maximum atomic E-state index is 13.7. The highest BCUT2D eigenvalue weighted by molar-refractivity contribution is 7.92. The van der Waals surface area contributed by atoms with Crippen molar-refractivity contribution in [2.45, 2.75) is 4.90 Å². The number of sulfonamides is 1. The van der Waals surface area contributed by atoms with Gasteiger partial charge in [-0.1, -0.05) is 30.3 Å². The monoisotopic (exact) mass is 436 g/mol. The molecule has 9 heteroatoms. The lowest BCUT2D eigenvalue weighted by atomic mass is 10.2. The van der Waals surface area contributed by atoms with Crippen molar-refractivity contribution in [1.29, 1.82) is 0 Å². The third-order valence-electron chi connectivity index (χ3n) is 4.40. The molecule has 0 bridgehead atoms. The van der Waals surface area contributed by atoms with Crippen LogP contribution in [-0.2, 0) is 10.0 Å². The summed E-state index contributed by atoms with van der Waals surface area (Å²) < 4.78 is 42.5. The van der Waals surface area contributed by atoms with Gasteiger partial charge in [0.05, 0.1) is 16.3 Å². The van der Waals surface area contributed by atoms with E-state index in [0.29, 0.717) is 5.82 Å². The number of para-hydroxylation sites is 2. The number of amides is 1. The van der Waals surface area contributed by atoms with Crippen molar-refractivity contribution in [2.75, 3.05) is 10.0 Å². The van der Waals surface area contributed by atoms with Crippen LogP contribution in [0.2, 0.25) is 0 Å². The Bertz CT molecular complexity index is 1320. The molecular formula is C22H17FN4O3S. The van der Waals surface area contributed by atoms with Crippen LogP contribution < -0.4 is 10.0 Å². The average molecular weight is 436 g/mol. The first-order valence-electron chi connectivity index (χ1n) is 9.22. The summed E-state index contributed by atoms with van der Waals surface area (Å²) in [5, 5.41) is 6.97. The van der Waals surface area contributed by atoms with Crippen molar-refractivity contribution in [3.63, 3.8) is 0 Å². The van der Waals surface area contributed by atoms with Crippen LogP contribution in [-0.4, -0.2) is 24.1 Å². The predicted octanol–water partition coefficient (Wildman–Crippen LogP) is 4.06. The lowest BCUT2D eigenvalue weighted by molar-refractivity contribution is 0.102. The Morgan fingerprint density at radius 3 is 2.26 bits per heavy atom. The summed E-state index contributed by atoms with van der Waals surface area (Å²) in [6, 6.07) is 21.8. The molecule has 0 unspecified atom stereocenters. The molecule has 1 heterocycles. The number of hydrogen-bond donors (Lipinski definition) is 2. The Balaban J connectivity index is 1.46. The summed E-state index contributed by atoms with van der Waals surface area (Å²) in [6.07, 6.45) is 1.72. The van der Waals surface area contributed by atoms with Crippen LogP contribution in [0.1, 0.15) is 10.4 Å². The molecule has 0 saturated heterocycles. The molecule has 1 aromatic heterocycles. The quantitative estimate of drug-likeness (QED) is 0.477. The third kappa shape index (κ3) is 4.62. The molecule has 0 fully saturated rings. The summed E-state index contributed by atoms with van der Waals surface area (Å²) in [5.74, 6) is -0.770. The molecule has 0 aliphatic carbocycles. The van der Waals surface area contributed by atoms with Gasteiger partial charge in [0, 0.05) is 17.8 Å². The van der Waals surface area contributed by atoms with Gasteiger partial charge in [-0.2, -0.15) is 5.10 Å². The number of anilines is 2. The van der Waals surface area contributed by atoms with Gasteiger partial charge in [0.1, 0.15) is 5.82 Å². The normalized spacial score (nSPS) is 11.1.